The van der Waals surface area contributed by atoms with Crippen LogP contribution in [0.4, 0.5) is 5.69 Å². The Bertz CT molecular complexity index is 1240. The van der Waals surface area contributed by atoms with Crippen LogP contribution in [0.3, 0.4) is 0 Å². The average Bonchev–Trinajstić information content (AvgIpc) is 2.74. The Morgan fingerprint density at radius 1 is 1.17 bits per heavy atom. The van der Waals surface area contributed by atoms with Gasteiger partial charge in [0.2, 0.25) is 5.91 Å². The smallest absolute Gasteiger partial charge is 0.323 e. The number of carbonyl (C=O) groups is 1. The summed E-state index contributed by atoms with van der Waals surface area (Å²) in [5.74, 6) is -0.545. The summed E-state index contributed by atoms with van der Waals surface area (Å²) in [7, 11) is 0. The lowest BCUT2D eigenvalue weighted by Crippen LogP contribution is -2.43. The lowest BCUT2D eigenvalue weighted by Gasteiger charge is -2.12. The van der Waals surface area contributed by atoms with Crippen molar-refractivity contribution in [2.24, 2.45) is 0 Å². The average molecular weight is 441 g/mol. The molecule has 1 aromatic heterocycles. The molecule has 7 nitrogen and oxygen atoms in total. The summed E-state index contributed by atoms with van der Waals surface area (Å²) in [5, 5.41) is 12.5. The van der Waals surface area contributed by atoms with E-state index in [1.165, 1.54) is 22.5 Å². The van der Waals surface area contributed by atoms with Gasteiger partial charge in [0.1, 0.15) is 18.2 Å². The highest BCUT2D eigenvalue weighted by Crippen LogP contribution is 2.33. The van der Waals surface area contributed by atoms with E-state index < -0.39 is 23.7 Å². The van der Waals surface area contributed by atoms with E-state index in [1.54, 1.807) is 37.3 Å². The molecule has 0 unspecified atom stereocenters. The molecule has 0 saturated carbocycles. The van der Waals surface area contributed by atoms with Gasteiger partial charge >= 0.3 is 5.69 Å². The largest absolute Gasteiger partial charge is 0.331 e. The number of anilines is 1. The second-order valence-electron chi connectivity index (χ2n) is 6.21. The Morgan fingerprint density at radius 2 is 1.87 bits per heavy atom. The molecule has 3 rings (SSSR count). The van der Waals surface area contributed by atoms with Gasteiger partial charge < -0.3 is 5.32 Å². The van der Waals surface area contributed by atoms with Crippen molar-refractivity contribution in [2.75, 3.05) is 5.32 Å². The van der Waals surface area contributed by atoms with Crippen molar-refractivity contribution in [1.82, 2.24) is 9.13 Å². The molecule has 2 aromatic carbocycles. The minimum atomic E-state index is -0.786. The van der Waals surface area contributed by atoms with E-state index in [9.17, 15) is 14.4 Å². The van der Waals surface area contributed by atoms with E-state index in [0.29, 0.717) is 10.7 Å². The maximum atomic E-state index is 12.6. The predicted octanol–water partition coefficient (Wildman–Crippen LogP) is 3.34. The lowest BCUT2D eigenvalue weighted by molar-refractivity contribution is -0.116. The van der Waals surface area contributed by atoms with Gasteiger partial charge in [-0.05, 0) is 43.3 Å². The number of hydrogen-bond donors (Lipinski definition) is 1. The van der Waals surface area contributed by atoms with Crippen LogP contribution in [0.15, 0.2) is 74.1 Å². The van der Waals surface area contributed by atoms with Gasteiger partial charge in [0, 0.05) is 27.6 Å². The second kappa shape index (κ2) is 9.48. The third kappa shape index (κ3) is 4.82. The maximum absolute atomic E-state index is 12.6. The van der Waals surface area contributed by atoms with Gasteiger partial charge in [-0.25, -0.2) is 9.36 Å². The summed E-state index contributed by atoms with van der Waals surface area (Å²) in [6.45, 7) is 1.49. The van der Waals surface area contributed by atoms with E-state index in [-0.39, 0.29) is 12.1 Å². The minimum absolute atomic E-state index is 0.192. The van der Waals surface area contributed by atoms with Crippen LogP contribution in [-0.4, -0.2) is 15.0 Å². The molecule has 0 aliphatic carbocycles. The van der Waals surface area contributed by atoms with Crippen LogP contribution in [0.1, 0.15) is 12.5 Å². The molecule has 0 spiro atoms. The molecule has 1 heterocycles. The van der Waals surface area contributed by atoms with Crippen molar-refractivity contribution in [3.05, 3.63) is 86.2 Å². The van der Waals surface area contributed by atoms with Crippen molar-refractivity contribution >= 4 is 35.0 Å². The van der Waals surface area contributed by atoms with E-state index in [0.717, 1.165) is 14.4 Å². The summed E-state index contributed by atoms with van der Waals surface area (Å²) in [5.41, 5.74) is -1.07. The molecule has 1 amide bonds. The van der Waals surface area contributed by atoms with Gasteiger partial charge in [0.25, 0.3) is 5.56 Å². The normalized spacial score (nSPS) is 10.4. The van der Waals surface area contributed by atoms with Crippen LogP contribution in [-0.2, 0) is 17.9 Å². The monoisotopic (exact) mass is 440 g/mol. The van der Waals surface area contributed by atoms with E-state index in [2.05, 4.69) is 5.32 Å². The Morgan fingerprint density at radius 3 is 2.53 bits per heavy atom. The molecule has 152 valence electrons. The first-order chi connectivity index (χ1) is 14.4. The topological polar surface area (TPSA) is 96.9 Å². The number of halogens is 1. The highest BCUT2D eigenvalue weighted by atomic mass is 35.5. The first-order valence-corrected chi connectivity index (χ1v) is 10.2. The molecule has 0 atom stereocenters. The number of nitrogens with one attached hydrogen (secondary N) is 1. The molecule has 30 heavy (non-hydrogen) atoms. The molecule has 0 aliphatic rings. The van der Waals surface area contributed by atoms with E-state index in [1.807, 2.05) is 24.3 Å². The zero-order valence-corrected chi connectivity index (χ0v) is 17.5. The van der Waals surface area contributed by atoms with Crippen LogP contribution in [0, 0.1) is 11.3 Å². The number of nitrogens with zero attached hydrogens (tertiary/aromatic N) is 3. The Kier molecular flexibility index (Phi) is 6.77. The predicted molar refractivity (Wildman–Crippen MR) is 116 cm³/mol. The summed E-state index contributed by atoms with van der Waals surface area (Å²) in [6, 6.07) is 16.2. The van der Waals surface area contributed by atoms with Crippen LogP contribution in [0.25, 0.3) is 0 Å². The Labute approximate surface area is 181 Å². The fourth-order valence-electron chi connectivity index (χ4n) is 2.72. The van der Waals surface area contributed by atoms with E-state index in [4.69, 9.17) is 16.9 Å². The van der Waals surface area contributed by atoms with Crippen molar-refractivity contribution in [1.29, 1.82) is 5.26 Å². The Hall–Kier alpha value is -3.28. The number of aryl methyl sites for hydroxylation is 1. The summed E-state index contributed by atoms with van der Waals surface area (Å²) >= 11 is 7.36. The highest BCUT2D eigenvalue weighted by molar-refractivity contribution is 7.99. The zero-order chi connectivity index (χ0) is 21.7. The first kappa shape index (κ1) is 21.4. The van der Waals surface area contributed by atoms with Crippen molar-refractivity contribution in [3.63, 3.8) is 0 Å². The van der Waals surface area contributed by atoms with E-state index >= 15 is 0 Å². The van der Waals surface area contributed by atoms with Crippen LogP contribution in [0.2, 0.25) is 5.02 Å². The van der Waals surface area contributed by atoms with Crippen LogP contribution in [0.5, 0.6) is 0 Å². The molecular formula is C21H17ClN4O3S. The molecule has 3 aromatic rings. The number of benzene rings is 2. The number of hydrogen-bond acceptors (Lipinski definition) is 5. The molecule has 0 fully saturated rings. The van der Waals surface area contributed by atoms with Gasteiger partial charge in [0.15, 0.2) is 0 Å². The first-order valence-electron chi connectivity index (χ1n) is 8.99. The van der Waals surface area contributed by atoms with Gasteiger partial charge in [-0.3, -0.25) is 14.2 Å². The van der Waals surface area contributed by atoms with Gasteiger partial charge in [0.05, 0.1) is 5.69 Å². The fourth-order valence-corrected chi connectivity index (χ4v) is 3.75. The molecule has 9 heteroatoms. The highest BCUT2D eigenvalue weighted by Gasteiger charge is 2.15. The van der Waals surface area contributed by atoms with Crippen molar-refractivity contribution < 1.29 is 4.79 Å². The molecule has 0 saturated heterocycles. The third-order valence-electron chi connectivity index (χ3n) is 4.20. The zero-order valence-electron chi connectivity index (χ0n) is 16.0. The number of rotatable bonds is 6. The summed E-state index contributed by atoms with van der Waals surface area (Å²) in [4.78, 5) is 39.1. The SMILES string of the molecule is CCn1cc(C#N)c(=O)n(CC(=O)Nc2ccccc2Sc2ccc(Cl)cc2)c1=O. The quantitative estimate of drug-likeness (QED) is 0.634. The maximum Gasteiger partial charge on any atom is 0.331 e. The standard InChI is InChI=1S/C21H17ClN4O3S/c1-2-25-12-14(11-23)20(28)26(21(25)29)13-19(27)24-17-5-3-4-6-18(17)30-16-9-7-15(22)8-10-16/h3-10,12H,2,13H2,1H3,(H,24,27). The lowest BCUT2D eigenvalue weighted by atomic mass is 10.3. The third-order valence-corrected chi connectivity index (χ3v) is 5.54. The molecule has 0 aliphatic heterocycles. The number of nitriles is 1. The van der Waals surface area contributed by atoms with Gasteiger partial charge in [-0.15, -0.1) is 0 Å². The van der Waals surface area contributed by atoms with Crippen LogP contribution >= 0.6 is 23.4 Å². The molecule has 0 bridgehead atoms. The van der Waals surface area contributed by atoms with Crippen LogP contribution < -0.4 is 16.6 Å². The fraction of sp³-hybridized carbons (Fsp3) is 0.143. The molecule has 1 N–H and O–H groups in total. The molecule has 0 radical (unpaired) electrons. The number of para-hydroxylation sites is 1. The minimum Gasteiger partial charge on any atom is -0.323 e. The molecular weight excluding hydrogens is 424 g/mol. The summed E-state index contributed by atoms with van der Waals surface area (Å²) in [6.07, 6.45) is 1.21. The second-order valence-corrected chi connectivity index (χ2v) is 7.77. The number of carbonyl (C=O) groups excluding carboxylic acids is 1. The van der Waals surface area contributed by atoms with Crippen molar-refractivity contribution in [2.45, 2.75) is 29.8 Å². The van der Waals surface area contributed by atoms with Gasteiger partial charge in [-0.2, -0.15) is 5.26 Å². The van der Waals surface area contributed by atoms with Crippen molar-refractivity contribution in [3.8, 4) is 6.07 Å². The van der Waals surface area contributed by atoms with Gasteiger partial charge in [-0.1, -0.05) is 35.5 Å². The number of aromatic nitrogens is 2. The Balaban J connectivity index is 1.85. The summed E-state index contributed by atoms with van der Waals surface area (Å²) < 4.78 is 1.99. The number of amides is 1.